The van der Waals surface area contributed by atoms with Gasteiger partial charge in [-0.25, -0.2) is 4.79 Å². The highest BCUT2D eigenvalue weighted by Crippen LogP contribution is 2.29. The summed E-state index contributed by atoms with van der Waals surface area (Å²) < 4.78 is 0. The molecule has 1 atom stereocenters. The Morgan fingerprint density at radius 3 is 2.67 bits per heavy atom. The first-order valence-electron chi connectivity index (χ1n) is 11.1. The van der Waals surface area contributed by atoms with Gasteiger partial charge in [0, 0.05) is 23.5 Å². The van der Waals surface area contributed by atoms with Gasteiger partial charge in [0.2, 0.25) is 5.91 Å². The molecule has 0 saturated heterocycles. The number of nitrogens with zero attached hydrogens (tertiary/aromatic N) is 1. The van der Waals surface area contributed by atoms with Gasteiger partial charge in [-0.1, -0.05) is 25.3 Å². The highest BCUT2D eigenvalue weighted by atomic mass is 16.4. The first-order chi connectivity index (χ1) is 14.4. The molecule has 1 heterocycles. The largest absolute Gasteiger partial charge is 0.465 e. The number of aryl methyl sites for hydroxylation is 2. The number of amides is 2. The summed E-state index contributed by atoms with van der Waals surface area (Å²) in [6, 6.07) is 7.98. The maximum absolute atomic E-state index is 12.6. The second-order valence-electron chi connectivity index (χ2n) is 8.63. The Bertz CT molecular complexity index is 891. The van der Waals surface area contributed by atoms with Crippen molar-refractivity contribution in [3.05, 3.63) is 35.5 Å². The molecule has 2 aromatic rings. The number of benzene rings is 1. The highest BCUT2D eigenvalue weighted by molar-refractivity contribution is 6.02. The zero-order valence-electron chi connectivity index (χ0n) is 18.0. The summed E-state index contributed by atoms with van der Waals surface area (Å²) in [6.45, 7) is 3.88. The van der Waals surface area contributed by atoms with Crippen LogP contribution in [0.25, 0.3) is 10.9 Å². The third kappa shape index (κ3) is 6.18. The van der Waals surface area contributed by atoms with Crippen molar-refractivity contribution < 1.29 is 14.7 Å². The Morgan fingerprint density at radius 2 is 1.93 bits per heavy atom. The fourth-order valence-corrected chi connectivity index (χ4v) is 4.38. The number of carbonyl (C=O) groups excluding carboxylic acids is 1. The van der Waals surface area contributed by atoms with Gasteiger partial charge in [-0.05, 0) is 75.6 Å². The number of nitrogens with one attached hydrogen (secondary N) is 2. The van der Waals surface area contributed by atoms with Crippen molar-refractivity contribution in [1.29, 1.82) is 0 Å². The number of hydrogen-bond acceptors (Lipinski definition) is 3. The van der Waals surface area contributed by atoms with Crippen molar-refractivity contribution in [3.8, 4) is 0 Å². The summed E-state index contributed by atoms with van der Waals surface area (Å²) in [5.74, 6) is 0.610. The molecular formula is C24H33N3O3. The molecule has 1 aliphatic rings. The van der Waals surface area contributed by atoms with Gasteiger partial charge in [0.15, 0.2) is 0 Å². The van der Waals surface area contributed by atoms with E-state index in [-0.39, 0.29) is 11.9 Å². The van der Waals surface area contributed by atoms with Crippen molar-refractivity contribution in [2.24, 2.45) is 5.92 Å². The average Bonchev–Trinajstić information content (AvgIpc) is 2.70. The van der Waals surface area contributed by atoms with Gasteiger partial charge in [-0.15, -0.1) is 0 Å². The minimum absolute atomic E-state index is 0.0726. The third-order valence-corrected chi connectivity index (χ3v) is 6.04. The number of anilines is 1. The molecule has 162 valence electrons. The molecule has 2 amide bonds. The quantitative estimate of drug-likeness (QED) is 0.540. The zero-order chi connectivity index (χ0) is 21.5. The molecule has 0 aliphatic heterocycles. The highest BCUT2D eigenvalue weighted by Gasteiger charge is 2.18. The Hall–Kier alpha value is -2.63. The molecule has 1 aromatic heterocycles. The molecule has 1 unspecified atom stereocenters. The molecule has 1 fully saturated rings. The van der Waals surface area contributed by atoms with E-state index in [1.807, 2.05) is 38.1 Å². The number of hydrogen-bond donors (Lipinski definition) is 3. The Morgan fingerprint density at radius 1 is 1.17 bits per heavy atom. The molecule has 1 saturated carbocycles. The molecule has 1 aromatic carbocycles. The van der Waals surface area contributed by atoms with E-state index in [1.54, 1.807) is 0 Å². The summed E-state index contributed by atoms with van der Waals surface area (Å²) in [5, 5.41) is 15.4. The van der Waals surface area contributed by atoms with E-state index in [0.717, 1.165) is 60.0 Å². The van der Waals surface area contributed by atoms with Gasteiger partial charge in [0.25, 0.3) is 0 Å². The molecule has 3 N–H and O–H groups in total. The van der Waals surface area contributed by atoms with Crippen LogP contribution in [0.4, 0.5) is 10.5 Å². The first kappa shape index (κ1) is 22.1. The average molecular weight is 412 g/mol. The Labute approximate surface area is 178 Å². The third-order valence-electron chi connectivity index (χ3n) is 6.04. The van der Waals surface area contributed by atoms with Crippen molar-refractivity contribution in [3.63, 3.8) is 0 Å². The van der Waals surface area contributed by atoms with E-state index in [1.165, 1.54) is 19.3 Å². The summed E-state index contributed by atoms with van der Waals surface area (Å²) >= 11 is 0. The fraction of sp³-hybridized carbons (Fsp3) is 0.542. The van der Waals surface area contributed by atoms with E-state index in [0.29, 0.717) is 12.3 Å². The Kier molecular flexibility index (Phi) is 7.66. The SMILES string of the molecule is Cc1ccc2nc(CCCC(C)NC(=O)O)ccc2c1NC(=O)CC1CCCCC1. The van der Waals surface area contributed by atoms with Gasteiger partial charge in [0.05, 0.1) is 11.2 Å². The number of pyridine rings is 1. The van der Waals surface area contributed by atoms with Gasteiger partial charge < -0.3 is 15.7 Å². The lowest BCUT2D eigenvalue weighted by molar-refractivity contribution is -0.117. The number of aromatic nitrogens is 1. The monoisotopic (exact) mass is 411 g/mol. The van der Waals surface area contributed by atoms with Crippen LogP contribution < -0.4 is 10.6 Å². The summed E-state index contributed by atoms with van der Waals surface area (Å²) in [7, 11) is 0. The lowest BCUT2D eigenvalue weighted by Crippen LogP contribution is -2.30. The van der Waals surface area contributed by atoms with Crippen LogP contribution in [0.3, 0.4) is 0 Å². The van der Waals surface area contributed by atoms with Crippen LogP contribution in [-0.4, -0.2) is 28.1 Å². The van der Waals surface area contributed by atoms with Crippen LogP contribution in [0.5, 0.6) is 0 Å². The first-order valence-corrected chi connectivity index (χ1v) is 11.1. The number of rotatable bonds is 8. The normalized spacial score (nSPS) is 15.7. The molecule has 6 nitrogen and oxygen atoms in total. The van der Waals surface area contributed by atoms with Gasteiger partial charge in [-0.2, -0.15) is 0 Å². The molecule has 0 radical (unpaired) electrons. The minimum atomic E-state index is -0.986. The van der Waals surface area contributed by atoms with Crippen molar-refractivity contribution >= 4 is 28.6 Å². The second kappa shape index (κ2) is 10.4. The van der Waals surface area contributed by atoms with Crippen molar-refractivity contribution in [1.82, 2.24) is 10.3 Å². The number of carbonyl (C=O) groups is 2. The van der Waals surface area contributed by atoms with Gasteiger partial charge >= 0.3 is 6.09 Å². The van der Waals surface area contributed by atoms with Gasteiger partial charge in [0.1, 0.15) is 0 Å². The number of fused-ring (bicyclic) bond motifs is 1. The van der Waals surface area contributed by atoms with Crippen molar-refractivity contribution in [2.75, 3.05) is 5.32 Å². The molecule has 30 heavy (non-hydrogen) atoms. The van der Waals surface area contributed by atoms with Crippen LogP contribution in [0.1, 0.15) is 69.5 Å². The molecule has 1 aliphatic carbocycles. The topological polar surface area (TPSA) is 91.3 Å². The molecule has 3 rings (SSSR count). The lowest BCUT2D eigenvalue weighted by Gasteiger charge is -2.21. The van der Waals surface area contributed by atoms with E-state index in [4.69, 9.17) is 10.1 Å². The summed E-state index contributed by atoms with van der Waals surface area (Å²) in [4.78, 5) is 28.1. The van der Waals surface area contributed by atoms with E-state index < -0.39 is 6.09 Å². The Balaban J connectivity index is 1.64. The van der Waals surface area contributed by atoms with E-state index >= 15 is 0 Å². The van der Waals surface area contributed by atoms with E-state index in [9.17, 15) is 9.59 Å². The fourth-order valence-electron chi connectivity index (χ4n) is 4.38. The predicted molar refractivity (Wildman–Crippen MR) is 120 cm³/mol. The standard InChI is InChI=1S/C24H33N3O3/c1-16-11-14-21-20(23(16)27-22(28)15-18-8-4-3-5-9-18)13-12-19(26-21)10-6-7-17(2)25-24(29)30/h11-14,17-18,25H,3-10,15H2,1-2H3,(H,27,28)(H,29,30). The second-order valence-corrected chi connectivity index (χ2v) is 8.63. The van der Waals surface area contributed by atoms with Crippen LogP contribution in [-0.2, 0) is 11.2 Å². The van der Waals surface area contributed by atoms with Crippen LogP contribution in [0.2, 0.25) is 0 Å². The molecular weight excluding hydrogens is 378 g/mol. The summed E-state index contributed by atoms with van der Waals surface area (Å²) in [6.07, 6.45) is 8.12. The zero-order valence-corrected chi connectivity index (χ0v) is 18.0. The molecule has 0 spiro atoms. The smallest absolute Gasteiger partial charge is 0.404 e. The lowest BCUT2D eigenvalue weighted by atomic mass is 9.87. The maximum atomic E-state index is 12.6. The number of carboxylic acid groups (broad SMARTS) is 1. The minimum Gasteiger partial charge on any atom is -0.465 e. The van der Waals surface area contributed by atoms with Crippen LogP contribution in [0.15, 0.2) is 24.3 Å². The molecule has 0 bridgehead atoms. The summed E-state index contributed by atoms with van der Waals surface area (Å²) in [5.41, 5.74) is 3.77. The van der Waals surface area contributed by atoms with E-state index in [2.05, 4.69) is 10.6 Å². The van der Waals surface area contributed by atoms with Crippen molar-refractivity contribution in [2.45, 2.75) is 77.7 Å². The van der Waals surface area contributed by atoms with Crippen LogP contribution in [0, 0.1) is 12.8 Å². The predicted octanol–water partition coefficient (Wildman–Crippen LogP) is 5.43. The maximum Gasteiger partial charge on any atom is 0.404 e. The molecule has 6 heteroatoms. The van der Waals surface area contributed by atoms with Crippen LogP contribution >= 0.6 is 0 Å². The van der Waals surface area contributed by atoms with Gasteiger partial charge in [-0.3, -0.25) is 9.78 Å².